The van der Waals surface area contributed by atoms with Gasteiger partial charge in [0.25, 0.3) is 0 Å². The standard InChI is InChI=1S/C66H68O20/c1-33-13-11-17-59(7)25-39(29-67)35(3)21-63(59)51(75)45(55(79)83-63)44(72)16-20-62(10)28-42(32-70)38(6)24-66(62)54(78)48(58(82)86-66)50(74)34(2)14-12-18-60(8)26-40(30-68)36(4)22-64(60)52(76)46(56(80)84-64)43(71)15-19-61(9)27-41(31-69)37(5)23-65(61)53(77)47(49(33)73)57(81)85-65/h11-20,25-28,31-32,35-38,67-68,71-74H,21-24,29-30H2,1-10H3/p-4/b17-11+,18-12+,19-15+,20-16+,33-13+,34-14+,45-44-,46-43-,49-47-,50-48+. The molecule has 20 nitrogen and oxygen atoms in total. The molecule has 0 aromatic rings. The van der Waals surface area contributed by atoms with Gasteiger partial charge in [-0.1, -0.05) is 147 Å². The third-order valence-electron chi connectivity index (χ3n) is 19.5. The van der Waals surface area contributed by atoms with E-state index in [9.17, 15) is 78.6 Å². The van der Waals surface area contributed by atoms with Crippen LogP contribution in [0.3, 0.4) is 0 Å². The van der Waals surface area contributed by atoms with E-state index in [1.807, 2.05) is 0 Å². The number of fused-ring (bicyclic) bond motifs is 4. The Labute approximate surface area is 495 Å². The number of ketones is 4. The highest BCUT2D eigenvalue weighted by molar-refractivity contribution is 6.29. The molecule has 0 aromatic carbocycles. The summed E-state index contributed by atoms with van der Waals surface area (Å²) in [6.07, 6.45) is 16.7. The Morgan fingerprint density at radius 2 is 0.733 bits per heavy atom. The van der Waals surface area contributed by atoms with Crippen LogP contribution >= 0.6 is 0 Å². The Bertz CT molecular complexity index is 3430. The SMILES string of the molecule is CC1=C\C=C\C2(C)C=C(CO)C(C)CC23OC(=O)/C(=C([O-])/C=C/C2(C)C=C(C=O)C(C)CC24OC(=O)\C(=C([O-])/C(C)=C/C=C/C2(C)C=C(CO)C(C)CC25OC(=O)/C(=C([O-])/C=C/C2(C)C=C(C=O)C(C)CC26OC(=O)\C(=C\1[O-])C6=O)C5=O)C4=O)C3=O. The molecule has 4 spiro atoms. The minimum atomic E-state index is -2.29. The van der Waals surface area contributed by atoms with Crippen molar-refractivity contribution in [1.82, 2.24) is 0 Å². The topological polar surface area (TPSA) is 340 Å². The molecule has 452 valence electrons. The molecule has 5 aliphatic carbocycles. The number of ether oxygens (including phenoxy) is 4. The van der Waals surface area contributed by atoms with Crippen molar-refractivity contribution in [2.75, 3.05) is 13.2 Å². The maximum Gasteiger partial charge on any atom is 0.342 e. The Hall–Kier alpha value is -8.62. The van der Waals surface area contributed by atoms with Gasteiger partial charge in [0.2, 0.25) is 23.1 Å². The van der Waals surface area contributed by atoms with E-state index in [4.69, 9.17) is 18.9 Å². The number of hydrogen-bond donors (Lipinski definition) is 2. The number of aliphatic hydroxyl groups is 2. The van der Waals surface area contributed by atoms with Gasteiger partial charge in [0, 0.05) is 25.7 Å². The fourth-order valence-corrected chi connectivity index (χ4v) is 14.0. The largest absolute Gasteiger partial charge is 0.872 e. The first-order valence-electron chi connectivity index (χ1n) is 28.1. The number of aliphatic hydroxyl groups excluding tert-OH is 2. The van der Waals surface area contributed by atoms with Crippen LogP contribution in [-0.4, -0.2) is 105 Å². The molecule has 86 heavy (non-hydrogen) atoms. The molecule has 0 saturated carbocycles. The second-order valence-corrected chi connectivity index (χ2v) is 25.0. The van der Waals surface area contributed by atoms with Gasteiger partial charge in [-0.15, -0.1) is 0 Å². The first-order chi connectivity index (χ1) is 40.2. The first kappa shape index (κ1) is 61.9. The molecule has 4 saturated heterocycles. The summed E-state index contributed by atoms with van der Waals surface area (Å²) in [7, 11) is 0. The Morgan fingerprint density at radius 1 is 0.453 bits per heavy atom. The van der Waals surface area contributed by atoms with Crippen LogP contribution in [0.25, 0.3) is 0 Å². The summed E-state index contributed by atoms with van der Waals surface area (Å²) < 4.78 is 23.7. The zero-order valence-electron chi connectivity index (χ0n) is 49.0. The lowest BCUT2D eigenvalue weighted by Crippen LogP contribution is -2.54. The number of hydrogen-bond acceptors (Lipinski definition) is 20. The van der Waals surface area contributed by atoms with Crippen LogP contribution in [0.15, 0.2) is 164 Å². The normalized spacial score (nSPS) is 43.8. The minimum absolute atomic E-state index is 0.118. The molecule has 9 aliphatic rings. The van der Waals surface area contributed by atoms with Gasteiger partial charge < -0.3 is 49.6 Å². The second-order valence-electron chi connectivity index (χ2n) is 25.0. The molecule has 0 radical (unpaired) electrons. The third-order valence-corrected chi connectivity index (χ3v) is 19.5. The number of rotatable bonds is 4. The van der Waals surface area contributed by atoms with Crippen molar-refractivity contribution in [2.24, 2.45) is 45.3 Å². The van der Waals surface area contributed by atoms with E-state index in [0.29, 0.717) is 23.7 Å². The average molecular weight is 1180 g/mol. The lowest BCUT2D eigenvalue weighted by atomic mass is 9.60. The maximum atomic E-state index is 14.9. The van der Waals surface area contributed by atoms with Gasteiger partial charge in [-0.2, -0.15) is 0 Å². The lowest BCUT2D eigenvalue weighted by Gasteiger charge is -2.45. The van der Waals surface area contributed by atoms with Gasteiger partial charge in [-0.05, 0) is 87.5 Å². The van der Waals surface area contributed by atoms with Gasteiger partial charge >= 0.3 is 23.9 Å². The summed E-state index contributed by atoms with van der Waals surface area (Å²) in [5.41, 5.74) is -19.3. The van der Waals surface area contributed by atoms with E-state index in [0.717, 1.165) is 24.3 Å². The van der Waals surface area contributed by atoms with Crippen LogP contribution in [0.2, 0.25) is 0 Å². The van der Waals surface area contributed by atoms with E-state index in [1.54, 1.807) is 27.7 Å². The van der Waals surface area contributed by atoms with E-state index in [2.05, 4.69) is 0 Å². The molecule has 12 unspecified atom stereocenters. The number of esters is 4. The van der Waals surface area contributed by atoms with Gasteiger partial charge in [0.15, 0.2) is 22.4 Å². The highest BCUT2D eigenvalue weighted by Crippen LogP contribution is 2.58. The predicted molar refractivity (Wildman–Crippen MR) is 294 cm³/mol. The summed E-state index contributed by atoms with van der Waals surface area (Å²) in [6.45, 7) is 13.6. The summed E-state index contributed by atoms with van der Waals surface area (Å²) in [5, 5.41) is 78.6. The molecular formula is C66H64O20-4. The predicted octanol–water partition coefficient (Wildman–Crippen LogP) is 2.31. The molecule has 12 atom stereocenters. The van der Waals surface area contributed by atoms with Crippen LogP contribution in [0.5, 0.6) is 0 Å². The molecule has 4 aliphatic heterocycles. The van der Waals surface area contributed by atoms with Crippen molar-refractivity contribution < 1.29 is 97.5 Å². The average Bonchev–Trinajstić information content (AvgIpc) is 1.52. The van der Waals surface area contributed by atoms with Crippen molar-refractivity contribution in [3.05, 3.63) is 164 Å². The number of aldehydes is 2. The van der Waals surface area contributed by atoms with E-state index in [-0.39, 0.29) is 48.0 Å². The molecule has 4 fully saturated rings. The van der Waals surface area contributed by atoms with Crippen molar-refractivity contribution in [3.8, 4) is 0 Å². The molecule has 8 bridgehead atoms. The zero-order valence-corrected chi connectivity index (χ0v) is 49.0. The van der Waals surface area contributed by atoms with Crippen LogP contribution in [0, 0.1) is 45.3 Å². The molecule has 20 heteroatoms. The fourth-order valence-electron chi connectivity index (χ4n) is 14.0. The smallest absolute Gasteiger partial charge is 0.342 e. The van der Waals surface area contributed by atoms with E-state index in [1.165, 1.54) is 102 Å². The van der Waals surface area contributed by atoms with Gasteiger partial charge in [0.1, 0.15) is 12.6 Å². The highest BCUT2D eigenvalue weighted by Gasteiger charge is 2.67. The number of allylic oxidation sites excluding steroid dienone is 10. The molecule has 2 N–H and O–H groups in total. The Balaban J connectivity index is 1.26. The Morgan fingerprint density at radius 3 is 1.03 bits per heavy atom. The third kappa shape index (κ3) is 8.83. The van der Waals surface area contributed by atoms with Gasteiger partial charge in [0.05, 0.1) is 57.2 Å². The zero-order chi connectivity index (χ0) is 63.4. The van der Waals surface area contributed by atoms with Crippen LogP contribution in [-0.2, 0) is 66.9 Å². The summed E-state index contributed by atoms with van der Waals surface area (Å²) >= 11 is 0. The lowest BCUT2D eigenvalue weighted by molar-refractivity contribution is -0.299. The van der Waals surface area contributed by atoms with Crippen molar-refractivity contribution >= 4 is 59.6 Å². The van der Waals surface area contributed by atoms with Gasteiger partial charge in [-0.3, -0.25) is 28.8 Å². The van der Waals surface area contributed by atoms with Crippen molar-refractivity contribution in [2.45, 2.75) is 117 Å². The molecule has 0 amide bonds. The van der Waals surface area contributed by atoms with Crippen LogP contribution in [0.1, 0.15) is 94.9 Å². The number of carbonyl (C=O) groups is 10. The van der Waals surface area contributed by atoms with Crippen LogP contribution in [0.4, 0.5) is 0 Å². The molecule has 9 rings (SSSR count). The maximum absolute atomic E-state index is 14.9. The van der Waals surface area contributed by atoms with E-state index >= 15 is 0 Å². The molecule has 0 aromatic heterocycles. The Kier molecular flexibility index (Phi) is 15.2. The second kappa shape index (κ2) is 21.1. The quantitative estimate of drug-likeness (QED) is 0.134. The van der Waals surface area contributed by atoms with Crippen molar-refractivity contribution in [1.29, 1.82) is 0 Å². The fraction of sp³-hybridized carbons (Fsp3) is 0.424. The summed E-state index contributed by atoms with van der Waals surface area (Å²) in [5.74, 6) is -17.2. The molecular weight excluding hydrogens is 1110 g/mol. The van der Waals surface area contributed by atoms with Crippen molar-refractivity contribution in [3.63, 3.8) is 0 Å². The summed E-state index contributed by atoms with van der Waals surface area (Å²) in [6, 6.07) is 0. The number of carbonyl (C=O) groups excluding carboxylic acids is 10. The van der Waals surface area contributed by atoms with Crippen LogP contribution < -0.4 is 20.4 Å². The van der Waals surface area contributed by atoms with E-state index < -0.39 is 173 Å². The first-order valence-corrected chi connectivity index (χ1v) is 28.1. The summed E-state index contributed by atoms with van der Waals surface area (Å²) in [4.78, 5) is 141. The molecule has 4 heterocycles. The highest BCUT2D eigenvalue weighted by atomic mass is 16.6. The van der Waals surface area contributed by atoms with Gasteiger partial charge in [-0.25, -0.2) is 19.2 Å². The number of Topliss-reactive ketones (excluding diaryl/α,β-unsaturated/α-hetero) is 4. The minimum Gasteiger partial charge on any atom is -0.872 e. The monoisotopic (exact) mass is 1180 g/mol.